The first-order valence-corrected chi connectivity index (χ1v) is 8.53. The van der Waals surface area contributed by atoms with Crippen LogP contribution in [0, 0.1) is 0 Å². The zero-order valence-corrected chi connectivity index (χ0v) is 14.1. The second-order valence-electron chi connectivity index (χ2n) is 4.87. The first-order valence-electron chi connectivity index (χ1n) is 7.05. The lowest BCUT2D eigenvalue weighted by Gasteiger charge is -2.12. The Morgan fingerprint density at radius 2 is 1.72 bits per heavy atom. The van der Waals surface area contributed by atoms with Crippen molar-refractivity contribution in [1.82, 2.24) is 0 Å². The van der Waals surface area contributed by atoms with E-state index in [2.05, 4.69) is 9.46 Å². The third-order valence-electron chi connectivity index (χ3n) is 3.09. The average molecular weight is 364 g/mol. The molecule has 3 N–H and O–H groups in total. The smallest absolute Gasteiger partial charge is 0.339 e. The minimum atomic E-state index is -3.93. The molecule has 8 nitrogen and oxygen atoms in total. The molecule has 0 aliphatic carbocycles. The topological polar surface area (TPSA) is 125 Å². The van der Waals surface area contributed by atoms with Crippen molar-refractivity contribution in [2.24, 2.45) is 5.73 Å². The van der Waals surface area contributed by atoms with Crippen LogP contribution in [0.1, 0.15) is 10.4 Å². The van der Waals surface area contributed by atoms with E-state index >= 15 is 0 Å². The molecule has 0 saturated carbocycles. The highest BCUT2D eigenvalue weighted by molar-refractivity contribution is 7.92. The fourth-order valence-electron chi connectivity index (χ4n) is 1.93. The number of nitrogens with two attached hydrogens (primary N) is 1. The van der Waals surface area contributed by atoms with Gasteiger partial charge in [0.25, 0.3) is 15.9 Å². The highest BCUT2D eigenvalue weighted by Crippen LogP contribution is 2.22. The second-order valence-corrected chi connectivity index (χ2v) is 6.55. The lowest BCUT2D eigenvalue weighted by molar-refractivity contribution is -0.119. The average Bonchev–Trinajstić information content (AvgIpc) is 2.60. The van der Waals surface area contributed by atoms with E-state index in [4.69, 9.17) is 10.5 Å². The number of para-hydroxylation sites is 1. The van der Waals surface area contributed by atoms with Gasteiger partial charge >= 0.3 is 5.97 Å². The van der Waals surface area contributed by atoms with E-state index in [1.807, 2.05) is 0 Å². The predicted molar refractivity (Wildman–Crippen MR) is 89.7 cm³/mol. The minimum Gasteiger partial charge on any atom is -0.484 e. The van der Waals surface area contributed by atoms with E-state index in [9.17, 15) is 18.0 Å². The number of hydrogen-bond acceptors (Lipinski definition) is 6. The molecule has 0 heterocycles. The molecular weight excluding hydrogens is 348 g/mol. The van der Waals surface area contributed by atoms with Gasteiger partial charge < -0.3 is 15.2 Å². The largest absolute Gasteiger partial charge is 0.484 e. The number of methoxy groups -OCH3 is 1. The first-order chi connectivity index (χ1) is 11.8. The summed E-state index contributed by atoms with van der Waals surface area (Å²) in [6.45, 7) is -0.309. The van der Waals surface area contributed by atoms with E-state index < -0.39 is 21.9 Å². The van der Waals surface area contributed by atoms with Gasteiger partial charge in [-0.25, -0.2) is 13.2 Å². The standard InChI is InChI=1S/C16H16N2O6S/c1-23-16(20)13-4-2-3-5-14(13)18-25(21,22)12-8-6-11(7-9-12)24-10-15(17)19/h2-9,18H,10H2,1H3,(H2,17,19). The predicted octanol–water partition coefficient (Wildman–Crippen LogP) is 1.14. The summed E-state index contributed by atoms with van der Waals surface area (Å²) < 4.78 is 37.0. The Bertz CT molecular complexity index is 878. The maximum atomic E-state index is 12.5. The fraction of sp³-hybridized carbons (Fsp3) is 0.125. The number of esters is 1. The van der Waals surface area contributed by atoms with Crippen molar-refractivity contribution in [2.45, 2.75) is 4.90 Å². The van der Waals surface area contributed by atoms with Crippen molar-refractivity contribution in [1.29, 1.82) is 0 Å². The monoisotopic (exact) mass is 364 g/mol. The van der Waals surface area contributed by atoms with Gasteiger partial charge in [-0.15, -0.1) is 0 Å². The van der Waals surface area contributed by atoms with Gasteiger partial charge in [0.2, 0.25) is 0 Å². The summed E-state index contributed by atoms with van der Waals surface area (Å²) in [6.07, 6.45) is 0. The molecule has 2 rings (SSSR count). The summed E-state index contributed by atoms with van der Waals surface area (Å²) >= 11 is 0. The number of carbonyl (C=O) groups excluding carboxylic acids is 2. The van der Waals surface area contributed by atoms with Gasteiger partial charge in [-0.2, -0.15) is 0 Å². The van der Waals surface area contributed by atoms with Crippen molar-refractivity contribution in [3.8, 4) is 5.75 Å². The number of nitrogens with one attached hydrogen (secondary N) is 1. The molecule has 9 heteroatoms. The summed E-state index contributed by atoms with van der Waals surface area (Å²) in [5, 5.41) is 0. The van der Waals surface area contributed by atoms with Crippen LogP contribution in [0.4, 0.5) is 5.69 Å². The summed E-state index contributed by atoms with van der Waals surface area (Å²) in [7, 11) is -2.72. The number of anilines is 1. The molecule has 0 aromatic heterocycles. The number of hydrogen-bond donors (Lipinski definition) is 2. The van der Waals surface area contributed by atoms with Crippen LogP contribution in [0.15, 0.2) is 53.4 Å². The molecule has 0 aliphatic heterocycles. The SMILES string of the molecule is COC(=O)c1ccccc1NS(=O)(=O)c1ccc(OCC(N)=O)cc1. The molecule has 2 aromatic carbocycles. The molecule has 1 amide bonds. The van der Waals surface area contributed by atoms with Crippen molar-refractivity contribution in [3.05, 3.63) is 54.1 Å². The summed E-state index contributed by atoms with van der Waals surface area (Å²) in [6, 6.07) is 11.5. The maximum absolute atomic E-state index is 12.5. The van der Waals surface area contributed by atoms with Crippen LogP contribution in [-0.2, 0) is 19.6 Å². The van der Waals surface area contributed by atoms with Crippen LogP contribution in [0.25, 0.3) is 0 Å². The summed E-state index contributed by atoms with van der Waals surface area (Å²) in [5.74, 6) is -1.00. The van der Waals surface area contributed by atoms with Gasteiger partial charge in [0, 0.05) is 0 Å². The van der Waals surface area contributed by atoms with Crippen LogP contribution in [0.2, 0.25) is 0 Å². The van der Waals surface area contributed by atoms with Crippen LogP contribution in [-0.4, -0.2) is 34.0 Å². The second kappa shape index (κ2) is 7.67. The van der Waals surface area contributed by atoms with Crippen LogP contribution in [0.5, 0.6) is 5.75 Å². The molecule has 0 radical (unpaired) electrons. The molecule has 0 fully saturated rings. The van der Waals surface area contributed by atoms with Gasteiger partial charge in [-0.05, 0) is 36.4 Å². The Morgan fingerprint density at radius 1 is 1.08 bits per heavy atom. The lowest BCUT2D eigenvalue weighted by Crippen LogP contribution is -2.20. The molecule has 25 heavy (non-hydrogen) atoms. The first kappa shape index (κ1) is 18.3. The Labute approximate surface area is 144 Å². The van der Waals surface area contributed by atoms with Gasteiger partial charge in [0.1, 0.15) is 5.75 Å². The number of benzene rings is 2. The molecule has 0 unspecified atom stereocenters. The third kappa shape index (κ3) is 4.70. The molecule has 0 aliphatic rings. The quantitative estimate of drug-likeness (QED) is 0.710. The van der Waals surface area contributed by atoms with Crippen molar-refractivity contribution >= 4 is 27.6 Å². The normalized spacial score (nSPS) is 10.8. The number of carbonyl (C=O) groups is 2. The van der Waals surface area contributed by atoms with Gasteiger partial charge in [0.05, 0.1) is 23.3 Å². The third-order valence-corrected chi connectivity index (χ3v) is 4.47. The zero-order chi connectivity index (χ0) is 18.4. The Hall–Kier alpha value is -3.07. The minimum absolute atomic E-state index is 0.0430. The van der Waals surface area contributed by atoms with Crippen molar-refractivity contribution in [2.75, 3.05) is 18.4 Å². The molecule has 0 saturated heterocycles. The van der Waals surface area contributed by atoms with Crippen LogP contribution < -0.4 is 15.2 Å². The molecule has 0 bridgehead atoms. The highest BCUT2D eigenvalue weighted by Gasteiger charge is 2.19. The van der Waals surface area contributed by atoms with Crippen LogP contribution in [0.3, 0.4) is 0 Å². The van der Waals surface area contributed by atoms with Crippen molar-refractivity contribution in [3.63, 3.8) is 0 Å². The lowest BCUT2D eigenvalue weighted by atomic mass is 10.2. The number of ether oxygens (including phenoxy) is 2. The van der Waals surface area contributed by atoms with Gasteiger partial charge in [-0.3, -0.25) is 9.52 Å². The maximum Gasteiger partial charge on any atom is 0.339 e. The highest BCUT2D eigenvalue weighted by atomic mass is 32.2. The number of rotatable bonds is 7. The Morgan fingerprint density at radius 3 is 2.32 bits per heavy atom. The van der Waals surface area contributed by atoms with Gasteiger partial charge in [-0.1, -0.05) is 12.1 Å². The number of primary amides is 1. The van der Waals surface area contributed by atoms with E-state index in [-0.39, 0.29) is 22.8 Å². The Kier molecular flexibility index (Phi) is 5.60. The van der Waals surface area contributed by atoms with Crippen LogP contribution >= 0.6 is 0 Å². The van der Waals surface area contributed by atoms with E-state index in [1.54, 1.807) is 12.1 Å². The zero-order valence-electron chi connectivity index (χ0n) is 13.3. The Balaban J connectivity index is 2.22. The molecule has 0 spiro atoms. The summed E-state index contributed by atoms with van der Waals surface area (Å²) in [4.78, 5) is 22.3. The molecule has 132 valence electrons. The number of sulfonamides is 1. The fourth-order valence-corrected chi connectivity index (χ4v) is 3.01. The molecule has 2 aromatic rings. The molecule has 0 atom stereocenters. The van der Waals surface area contributed by atoms with Gasteiger partial charge in [0.15, 0.2) is 6.61 Å². The van der Waals surface area contributed by atoms with E-state index in [0.717, 1.165) is 0 Å². The van der Waals surface area contributed by atoms with E-state index in [0.29, 0.717) is 5.75 Å². The molecular formula is C16H16N2O6S. The van der Waals surface area contributed by atoms with Crippen molar-refractivity contribution < 1.29 is 27.5 Å². The van der Waals surface area contributed by atoms with E-state index in [1.165, 1.54) is 43.5 Å². The number of amides is 1. The summed E-state index contributed by atoms with van der Waals surface area (Å²) in [5.41, 5.74) is 5.16.